The predicted molar refractivity (Wildman–Crippen MR) is 99.4 cm³/mol. The van der Waals surface area contributed by atoms with Crippen LogP contribution in [0.15, 0.2) is 53.5 Å². The first-order valence-electron chi connectivity index (χ1n) is 8.05. The van der Waals surface area contributed by atoms with Crippen molar-refractivity contribution in [2.45, 2.75) is 13.8 Å². The van der Waals surface area contributed by atoms with E-state index >= 15 is 0 Å². The SMILES string of the molecule is CC(=NCC(=O)O)c1nc(C)c2cc(Oc3ccccc3)ccc2c1O. The van der Waals surface area contributed by atoms with Crippen molar-refractivity contribution in [1.29, 1.82) is 0 Å². The number of aromatic nitrogens is 1. The van der Waals surface area contributed by atoms with Crippen molar-refractivity contribution in [2.75, 3.05) is 6.54 Å². The number of hydrogen-bond acceptors (Lipinski definition) is 5. The van der Waals surface area contributed by atoms with Gasteiger partial charge in [-0.25, -0.2) is 4.98 Å². The number of benzene rings is 2. The van der Waals surface area contributed by atoms with Crippen LogP contribution in [0.25, 0.3) is 10.8 Å². The lowest BCUT2D eigenvalue weighted by Crippen LogP contribution is -2.06. The highest BCUT2D eigenvalue weighted by molar-refractivity contribution is 6.05. The molecule has 0 spiro atoms. The second-order valence-corrected chi connectivity index (χ2v) is 5.81. The lowest BCUT2D eigenvalue weighted by atomic mass is 10.1. The number of pyridine rings is 1. The highest BCUT2D eigenvalue weighted by atomic mass is 16.5. The number of fused-ring (bicyclic) bond motifs is 1. The van der Waals surface area contributed by atoms with Crippen LogP contribution in [0.4, 0.5) is 0 Å². The highest BCUT2D eigenvalue weighted by Crippen LogP contribution is 2.33. The monoisotopic (exact) mass is 350 g/mol. The zero-order valence-corrected chi connectivity index (χ0v) is 14.4. The molecular weight excluding hydrogens is 332 g/mol. The van der Waals surface area contributed by atoms with Crippen LogP contribution in [0.1, 0.15) is 18.3 Å². The van der Waals surface area contributed by atoms with E-state index in [1.54, 1.807) is 19.1 Å². The Balaban J connectivity index is 2.01. The number of nitrogens with zero attached hydrogens (tertiary/aromatic N) is 2. The normalized spacial score (nSPS) is 11.5. The van der Waals surface area contributed by atoms with E-state index in [9.17, 15) is 9.90 Å². The molecule has 1 heterocycles. The molecule has 0 bridgehead atoms. The zero-order valence-electron chi connectivity index (χ0n) is 14.4. The van der Waals surface area contributed by atoms with Crippen LogP contribution in [-0.4, -0.2) is 33.4 Å². The molecule has 0 aliphatic rings. The Labute approximate surface area is 150 Å². The number of para-hydroxylation sites is 1. The molecule has 0 fully saturated rings. The fourth-order valence-electron chi connectivity index (χ4n) is 2.64. The molecule has 0 atom stereocenters. The first kappa shape index (κ1) is 17.4. The van der Waals surface area contributed by atoms with Crippen molar-refractivity contribution in [3.8, 4) is 17.2 Å². The molecule has 0 saturated heterocycles. The topological polar surface area (TPSA) is 92.0 Å². The van der Waals surface area contributed by atoms with E-state index < -0.39 is 5.97 Å². The number of ether oxygens (including phenoxy) is 1. The van der Waals surface area contributed by atoms with Gasteiger partial charge in [0.1, 0.15) is 23.7 Å². The van der Waals surface area contributed by atoms with E-state index in [-0.39, 0.29) is 18.0 Å². The molecule has 2 N–H and O–H groups in total. The maximum atomic E-state index is 10.7. The fraction of sp³-hybridized carbons (Fsp3) is 0.150. The van der Waals surface area contributed by atoms with Crippen molar-refractivity contribution in [3.63, 3.8) is 0 Å². The summed E-state index contributed by atoms with van der Waals surface area (Å²) in [6.07, 6.45) is 0. The Bertz CT molecular complexity index is 998. The average Bonchev–Trinajstić information content (AvgIpc) is 2.63. The summed E-state index contributed by atoms with van der Waals surface area (Å²) in [7, 11) is 0. The van der Waals surface area contributed by atoms with Crippen molar-refractivity contribution >= 4 is 22.5 Å². The summed E-state index contributed by atoms with van der Waals surface area (Å²) < 4.78 is 5.83. The number of carboxylic acids is 1. The molecule has 3 rings (SSSR count). The van der Waals surface area contributed by atoms with Crippen LogP contribution in [0, 0.1) is 6.92 Å². The van der Waals surface area contributed by atoms with E-state index in [1.807, 2.05) is 43.3 Å². The number of hydrogen-bond donors (Lipinski definition) is 2. The summed E-state index contributed by atoms with van der Waals surface area (Å²) in [5, 5.41) is 20.7. The van der Waals surface area contributed by atoms with Gasteiger partial charge in [0.05, 0.1) is 5.71 Å². The Morgan fingerprint density at radius 2 is 1.85 bits per heavy atom. The number of carbonyl (C=O) groups is 1. The molecule has 0 amide bonds. The molecule has 3 aromatic rings. The molecule has 0 unspecified atom stereocenters. The maximum Gasteiger partial charge on any atom is 0.325 e. The van der Waals surface area contributed by atoms with Crippen molar-refractivity contribution in [3.05, 3.63) is 59.9 Å². The van der Waals surface area contributed by atoms with Gasteiger partial charge in [0, 0.05) is 16.5 Å². The lowest BCUT2D eigenvalue weighted by Gasteiger charge is -2.12. The van der Waals surface area contributed by atoms with Crippen LogP contribution in [0.2, 0.25) is 0 Å². The highest BCUT2D eigenvalue weighted by Gasteiger charge is 2.14. The van der Waals surface area contributed by atoms with Gasteiger partial charge in [-0.05, 0) is 44.2 Å². The molecule has 0 aliphatic heterocycles. The molecule has 6 heteroatoms. The van der Waals surface area contributed by atoms with Gasteiger partial charge in [0.25, 0.3) is 0 Å². The fourth-order valence-corrected chi connectivity index (χ4v) is 2.64. The van der Waals surface area contributed by atoms with Gasteiger partial charge in [-0.3, -0.25) is 9.79 Å². The average molecular weight is 350 g/mol. The minimum Gasteiger partial charge on any atom is -0.505 e. The summed E-state index contributed by atoms with van der Waals surface area (Å²) in [6.45, 7) is 3.08. The summed E-state index contributed by atoms with van der Waals surface area (Å²) in [5.41, 5.74) is 1.35. The third kappa shape index (κ3) is 3.64. The van der Waals surface area contributed by atoms with Crippen LogP contribution < -0.4 is 4.74 Å². The van der Waals surface area contributed by atoms with Crippen molar-refractivity contribution in [2.24, 2.45) is 4.99 Å². The van der Waals surface area contributed by atoms with Gasteiger partial charge in [-0.1, -0.05) is 18.2 Å². The summed E-state index contributed by atoms with van der Waals surface area (Å²) >= 11 is 0. The Hall–Kier alpha value is -3.41. The molecule has 132 valence electrons. The number of rotatable bonds is 5. The third-order valence-electron chi connectivity index (χ3n) is 3.91. The standard InChI is InChI=1S/C20H18N2O4/c1-12-17-10-15(26-14-6-4-3-5-7-14)8-9-16(17)20(25)19(22-12)13(2)21-11-18(23)24/h3-10,25H,11H2,1-2H3,(H,23,24). The third-order valence-corrected chi connectivity index (χ3v) is 3.91. The molecular formula is C20H18N2O4. The van der Waals surface area contributed by atoms with Crippen LogP contribution in [0.5, 0.6) is 17.2 Å². The summed E-state index contributed by atoms with van der Waals surface area (Å²) in [4.78, 5) is 19.0. The Kier molecular flexibility index (Phi) is 4.84. The second-order valence-electron chi connectivity index (χ2n) is 5.81. The van der Waals surface area contributed by atoms with Crippen LogP contribution in [0.3, 0.4) is 0 Å². The maximum absolute atomic E-state index is 10.7. The molecule has 6 nitrogen and oxygen atoms in total. The number of carboxylic acid groups (broad SMARTS) is 1. The van der Waals surface area contributed by atoms with Gasteiger partial charge in [-0.15, -0.1) is 0 Å². The minimum absolute atomic E-state index is 0.0245. The first-order chi connectivity index (χ1) is 12.5. The van der Waals surface area contributed by atoms with Crippen LogP contribution in [-0.2, 0) is 4.79 Å². The van der Waals surface area contributed by atoms with Crippen LogP contribution >= 0.6 is 0 Å². The minimum atomic E-state index is -1.04. The smallest absolute Gasteiger partial charge is 0.325 e. The number of aliphatic carboxylic acids is 1. The van der Waals surface area contributed by atoms with Crippen molar-refractivity contribution in [1.82, 2.24) is 4.98 Å². The van der Waals surface area contributed by atoms with E-state index in [2.05, 4.69) is 9.98 Å². The van der Waals surface area contributed by atoms with E-state index in [1.165, 1.54) is 0 Å². The summed E-state index contributed by atoms with van der Waals surface area (Å²) in [6, 6.07) is 14.7. The largest absolute Gasteiger partial charge is 0.505 e. The predicted octanol–water partition coefficient (Wildman–Crippen LogP) is 3.93. The van der Waals surface area contributed by atoms with E-state index in [0.29, 0.717) is 22.5 Å². The Morgan fingerprint density at radius 3 is 2.54 bits per heavy atom. The number of aromatic hydroxyl groups is 1. The van der Waals surface area contributed by atoms with Gasteiger partial charge < -0.3 is 14.9 Å². The van der Waals surface area contributed by atoms with Gasteiger partial charge >= 0.3 is 5.97 Å². The van der Waals surface area contributed by atoms with E-state index in [4.69, 9.17) is 9.84 Å². The molecule has 2 aromatic carbocycles. The van der Waals surface area contributed by atoms with Gasteiger partial charge in [0.2, 0.25) is 0 Å². The number of aryl methyl sites for hydroxylation is 1. The molecule has 0 radical (unpaired) electrons. The number of aliphatic imine (C=N–C) groups is 1. The Morgan fingerprint density at radius 1 is 1.12 bits per heavy atom. The quantitative estimate of drug-likeness (QED) is 0.680. The van der Waals surface area contributed by atoms with Gasteiger partial charge in [0.15, 0.2) is 5.75 Å². The molecule has 0 aliphatic carbocycles. The molecule has 0 saturated carbocycles. The van der Waals surface area contributed by atoms with Gasteiger partial charge in [-0.2, -0.15) is 0 Å². The first-order valence-corrected chi connectivity index (χ1v) is 8.05. The lowest BCUT2D eigenvalue weighted by molar-refractivity contribution is -0.135. The molecule has 26 heavy (non-hydrogen) atoms. The van der Waals surface area contributed by atoms with Crippen molar-refractivity contribution < 1.29 is 19.7 Å². The second kappa shape index (κ2) is 7.23. The summed E-state index contributed by atoms with van der Waals surface area (Å²) in [5.74, 6) is 0.291. The van der Waals surface area contributed by atoms with E-state index in [0.717, 1.165) is 11.1 Å². The zero-order chi connectivity index (χ0) is 18.7. The molecule has 1 aromatic heterocycles.